The highest BCUT2D eigenvalue weighted by atomic mass is 32.2. The summed E-state index contributed by atoms with van der Waals surface area (Å²) >= 11 is 1.52. The van der Waals surface area contributed by atoms with Crippen molar-refractivity contribution in [2.24, 2.45) is 14.1 Å². The summed E-state index contributed by atoms with van der Waals surface area (Å²) in [4.78, 5) is 33.9. The highest BCUT2D eigenvalue weighted by Gasteiger charge is 2.17. The van der Waals surface area contributed by atoms with E-state index in [2.05, 4.69) is 16.9 Å². The lowest BCUT2D eigenvalue weighted by atomic mass is 10.2. The van der Waals surface area contributed by atoms with Gasteiger partial charge in [0.1, 0.15) is 10.4 Å². The number of hydrogen-bond acceptors (Lipinski definition) is 5. The molecule has 0 N–H and O–H groups in total. The monoisotopic (exact) mass is 342 g/mol. The summed E-state index contributed by atoms with van der Waals surface area (Å²) in [6.45, 7) is 2.07. The molecule has 0 aliphatic carbocycles. The second kappa shape index (κ2) is 6.60. The molecule has 0 fully saturated rings. The molecule has 3 aromatic rings. The molecular weight excluding hydrogens is 324 g/mol. The Morgan fingerprint density at radius 2 is 1.75 bits per heavy atom. The second-order valence-corrected chi connectivity index (χ2v) is 6.55. The predicted octanol–water partition coefficient (Wildman–Crippen LogP) is 2.20. The Kier molecular flexibility index (Phi) is 4.53. The van der Waals surface area contributed by atoms with Gasteiger partial charge in [0.2, 0.25) is 0 Å². The molecule has 24 heavy (non-hydrogen) atoms. The summed E-state index contributed by atoms with van der Waals surface area (Å²) in [5.74, 6) is 1.36. The van der Waals surface area contributed by atoms with Crippen LogP contribution >= 0.6 is 11.8 Å². The molecule has 2 heterocycles. The molecule has 0 aliphatic rings. The molecule has 124 valence electrons. The van der Waals surface area contributed by atoms with Gasteiger partial charge >= 0.3 is 5.69 Å². The van der Waals surface area contributed by atoms with Gasteiger partial charge in [-0.1, -0.05) is 37.3 Å². The van der Waals surface area contributed by atoms with Crippen molar-refractivity contribution in [3.8, 4) is 11.4 Å². The van der Waals surface area contributed by atoms with Crippen LogP contribution in [0, 0.1) is 0 Å². The van der Waals surface area contributed by atoms with E-state index < -0.39 is 5.69 Å². The summed E-state index contributed by atoms with van der Waals surface area (Å²) < 4.78 is 2.50. The first-order valence-electron chi connectivity index (χ1n) is 7.70. The van der Waals surface area contributed by atoms with Gasteiger partial charge in [0.05, 0.1) is 0 Å². The van der Waals surface area contributed by atoms with Gasteiger partial charge in [0.25, 0.3) is 5.56 Å². The quantitative estimate of drug-likeness (QED) is 0.537. The molecule has 0 unspecified atom stereocenters. The van der Waals surface area contributed by atoms with Crippen molar-refractivity contribution in [2.45, 2.75) is 18.4 Å². The molecule has 0 bridgehead atoms. The number of benzene rings is 1. The van der Waals surface area contributed by atoms with Crippen molar-refractivity contribution in [2.75, 3.05) is 5.75 Å². The van der Waals surface area contributed by atoms with Crippen LogP contribution in [0.15, 0.2) is 44.9 Å². The van der Waals surface area contributed by atoms with Crippen molar-refractivity contribution >= 4 is 22.8 Å². The van der Waals surface area contributed by atoms with Gasteiger partial charge in [-0.05, 0) is 12.2 Å². The number of aryl methyl sites for hydroxylation is 1. The van der Waals surface area contributed by atoms with Crippen LogP contribution in [0.25, 0.3) is 22.4 Å². The molecule has 0 saturated heterocycles. The molecular formula is C17H18N4O2S. The van der Waals surface area contributed by atoms with E-state index in [1.165, 1.54) is 23.4 Å². The molecule has 0 atom stereocenters. The second-order valence-electron chi connectivity index (χ2n) is 5.47. The van der Waals surface area contributed by atoms with Crippen LogP contribution in [0.5, 0.6) is 0 Å². The molecule has 0 aliphatic heterocycles. The molecule has 0 spiro atoms. The summed E-state index contributed by atoms with van der Waals surface area (Å²) in [5, 5.41) is 1.02. The zero-order valence-corrected chi connectivity index (χ0v) is 14.6. The Hall–Kier alpha value is -2.41. The Morgan fingerprint density at radius 1 is 1.04 bits per heavy atom. The Morgan fingerprint density at radius 3 is 2.42 bits per heavy atom. The highest BCUT2D eigenvalue weighted by Crippen LogP contribution is 2.26. The van der Waals surface area contributed by atoms with E-state index in [9.17, 15) is 9.59 Å². The van der Waals surface area contributed by atoms with E-state index in [1.807, 2.05) is 30.3 Å². The molecule has 3 rings (SSSR count). The Bertz CT molecular complexity index is 1010. The van der Waals surface area contributed by atoms with E-state index in [0.29, 0.717) is 21.9 Å². The number of thioether (sulfide) groups is 1. The fourth-order valence-corrected chi connectivity index (χ4v) is 3.32. The zero-order chi connectivity index (χ0) is 17.3. The van der Waals surface area contributed by atoms with E-state index in [0.717, 1.165) is 22.3 Å². The fourth-order valence-electron chi connectivity index (χ4n) is 2.45. The Balaban J connectivity index is 2.39. The summed E-state index contributed by atoms with van der Waals surface area (Å²) in [7, 11) is 3.10. The SMILES string of the molecule is CCCSc1nc(-c2ccccc2)nc2c1c(=O)n(C)c(=O)n2C. The van der Waals surface area contributed by atoms with E-state index in [4.69, 9.17) is 0 Å². The van der Waals surface area contributed by atoms with Crippen LogP contribution in [0.4, 0.5) is 0 Å². The number of aromatic nitrogens is 4. The van der Waals surface area contributed by atoms with Crippen molar-refractivity contribution in [3.63, 3.8) is 0 Å². The topological polar surface area (TPSA) is 69.8 Å². The molecule has 2 aromatic heterocycles. The van der Waals surface area contributed by atoms with Gasteiger partial charge in [-0.25, -0.2) is 14.8 Å². The first kappa shape index (κ1) is 16.4. The van der Waals surface area contributed by atoms with Crippen LogP contribution in [-0.4, -0.2) is 24.9 Å². The third-order valence-electron chi connectivity index (χ3n) is 3.74. The first-order chi connectivity index (χ1) is 11.5. The smallest absolute Gasteiger partial charge is 0.280 e. The van der Waals surface area contributed by atoms with Crippen molar-refractivity contribution < 1.29 is 0 Å². The van der Waals surface area contributed by atoms with Crippen molar-refractivity contribution in [1.82, 2.24) is 19.1 Å². The minimum absolute atomic E-state index is 0.355. The fraction of sp³-hybridized carbons (Fsp3) is 0.294. The molecule has 1 aromatic carbocycles. The van der Waals surface area contributed by atoms with Gasteiger partial charge in [-0.15, -0.1) is 11.8 Å². The van der Waals surface area contributed by atoms with E-state index in [-0.39, 0.29) is 5.56 Å². The summed E-state index contributed by atoms with van der Waals surface area (Å²) in [5.41, 5.74) is 0.476. The van der Waals surface area contributed by atoms with E-state index in [1.54, 1.807) is 7.05 Å². The average molecular weight is 342 g/mol. The van der Waals surface area contributed by atoms with Gasteiger partial charge < -0.3 is 0 Å². The standard InChI is InChI=1S/C17H18N4O2S/c1-4-10-24-15-12-14(20(2)17(23)21(3)16(12)22)18-13(19-15)11-8-6-5-7-9-11/h5-9H,4,10H2,1-3H3. The first-order valence-corrected chi connectivity index (χ1v) is 8.69. The van der Waals surface area contributed by atoms with Gasteiger partial charge in [-0.3, -0.25) is 13.9 Å². The largest absolute Gasteiger partial charge is 0.332 e. The number of nitrogens with zero attached hydrogens (tertiary/aromatic N) is 4. The molecule has 0 amide bonds. The highest BCUT2D eigenvalue weighted by molar-refractivity contribution is 7.99. The minimum atomic E-state index is -0.392. The lowest BCUT2D eigenvalue weighted by Crippen LogP contribution is -2.37. The van der Waals surface area contributed by atoms with Gasteiger partial charge in [0.15, 0.2) is 11.5 Å². The lowest BCUT2D eigenvalue weighted by molar-refractivity contribution is 0.703. The number of hydrogen-bond donors (Lipinski definition) is 0. The predicted molar refractivity (Wildman–Crippen MR) is 96.5 cm³/mol. The maximum atomic E-state index is 12.6. The minimum Gasteiger partial charge on any atom is -0.280 e. The van der Waals surface area contributed by atoms with Crippen LogP contribution in [0.1, 0.15) is 13.3 Å². The number of fused-ring (bicyclic) bond motifs is 1. The summed E-state index contributed by atoms with van der Waals surface area (Å²) in [6, 6.07) is 9.56. The van der Waals surface area contributed by atoms with Gasteiger partial charge in [-0.2, -0.15) is 0 Å². The zero-order valence-electron chi connectivity index (χ0n) is 13.8. The Labute approximate surface area is 143 Å². The summed E-state index contributed by atoms with van der Waals surface area (Å²) in [6.07, 6.45) is 0.961. The normalized spacial score (nSPS) is 11.1. The van der Waals surface area contributed by atoms with Crippen LogP contribution in [-0.2, 0) is 14.1 Å². The van der Waals surface area contributed by atoms with Crippen LogP contribution < -0.4 is 11.2 Å². The average Bonchev–Trinajstić information content (AvgIpc) is 2.62. The maximum absolute atomic E-state index is 12.6. The third-order valence-corrected chi connectivity index (χ3v) is 4.92. The molecule has 6 nitrogen and oxygen atoms in total. The van der Waals surface area contributed by atoms with Crippen molar-refractivity contribution in [1.29, 1.82) is 0 Å². The van der Waals surface area contributed by atoms with E-state index >= 15 is 0 Å². The molecule has 0 radical (unpaired) electrons. The number of rotatable bonds is 4. The van der Waals surface area contributed by atoms with Gasteiger partial charge in [0, 0.05) is 19.7 Å². The third kappa shape index (κ3) is 2.75. The molecule has 0 saturated carbocycles. The molecule has 7 heteroatoms. The van der Waals surface area contributed by atoms with Crippen LogP contribution in [0.2, 0.25) is 0 Å². The van der Waals surface area contributed by atoms with Crippen molar-refractivity contribution in [3.05, 3.63) is 51.2 Å². The van der Waals surface area contributed by atoms with Crippen LogP contribution in [0.3, 0.4) is 0 Å². The maximum Gasteiger partial charge on any atom is 0.332 e. The lowest BCUT2D eigenvalue weighted by Gasteiger charge is -2.11.